The van der Waals surface area contributed by atoms with Gasteiger partial charge in [0.25, 0.3) is 5.91 Å². The lowest BCUT2D eigenvalue weighted by atomic mass is 10.2. The average molecular weight is 138 g/mol. The van der Waals surface area contributed by atoms with Crippen LogP contribution in [0.3, 0.4) is 0 Å². The molecule has 1 heterocycles. The normalized spacial score (nSPS) is 25.8. The molecule has 0 saturated carbocycles. The Kier molecular flexibility index (Phi) is 1.57. The SMILES string of the molecule is C=C1C=NC(C)C(=O)N1C. The zero-order valence-electron chi connectivity index (χ0n) is 6.16. The van der Waals surface area contributed by atoms with E-state index in [1.807, 2.05) is 0 Å². The van der Waals surface area contributed by atoms with Gasteiger partial charge in [0.15, 0.2) is 0 Å². The minimum absolute atomic E-state index is 0.00694. The van der Waals surface area contributed by atoms with E-state index in [0.717, 1.165) is 0 Å². The van der Waals surface area contributed by atoms with Crippen molar-refractivity contribution in [1.29, 1.82) is 0 Å². The van der Waals surface area contributed by atoms with Crippen LogP contribution in [0.15, 0.2) is 17.3 Å². The standard InChI is InChI=1S/C7H10N2O/c1-5-4-8-6(2)7(10)9(5)3/h4,6H,1H2,2-3H3. The number of amides is 1. The van der Waals surface area contributed by atoms with Crippen LogP contribution in [0, 0.1) is 0 Å². The Morgan fingerprint density at radius 3 is 2.90 bits per heavy atom. The molecule has 0 aromatic heterocycles. The third-order valence-electron chi connectivity index (χ3n) is 1.57. The van der Waals surface area contributed by atoms with Crippen molar-refractivity contribution in [2.45, 2.75) is 13.0 Å². The molecule has 1 aliphatic rings. The Labute approximate surface area is 60.1 Å². The molecule has 3 nitrogen and oxygen atoms in total. The molecule has 3 heteroatoms. The molecule has 1 unspecified atom stereocenters. The van der Waals surface area contributed by atoms with Crippen LogP contribution in [0.5, 0.6) is 0 Å². The summed E-state index contributed by atoms with van der Waals surface area (Å²) >= 11 is 0. The number of carbonyl (C=O) groups is 1. The van der Waals surface area contributed by atoms with Crippen molar-refractivity contribution in [3.63, 3.8) is 0 Å². The molecule has 10 heavy (non-hydrogen) atoms. The van der Waals surface area contributed by atoms with Gasteiger partial charge in [-0.3, -0.25) is 9.79 Å². The number of hydrogen-bond acceptors (Lipinski definition) is 2. The number of allylic oxidation sites excluding steroid dienone is 1. The second-order valence-corrected chi connectivity index (χ2v) is 2.34. The molecule has 0 saturated heterocycles. The van der Waals surface area contributed by atoms with Gasteiger partial charge >= 0.3 is 0 Å². The highest BCUT2D eigenvalue weighted by Crippen LogP contribution is 2.07. The maximum absolute atomic E-state index is 11.1. The number of rotatable bonds is 0. The van der Waals surface area contributed by atoms with E-state index in [9.17, 15) is 4.79 Å². The molecule has 1 amide bonds. The van der Waals surface area contributed by atoms with Gasteiger partial charge in [0.1, 0.15) is 6.04 Å². The summed E-state index contributed by atoms with van der Waals surface area (Å²) in [5, 5.41) is 0. The van der Waals surface area contributed by atoms with E-state index in [-0.39, 0.29) is 11.9 Å². The van der Waals surface area contributed by atoms with E-state index >= 15 is 0 Å². The summed E-state index contributed by atoms with van der Waals surface area (Å²) in [5.74, 6) is 0.00694. The summed E-state index contributed by atoms with van der Waals surface area (Å²) in [6, 6.07) is -0.240. The van der Waals surface area contributed by atoms with Gasteiger partial charge in [0, 0.05) is 13.3 Å². The first kappa shape index (κ1) is 6.99. The molecule has 0 radical (unpaired) electrons. The molecule has 0 aliphatic carbocycles. The zero-order valence-corrected chi connectivity index (χ0v) is 6.16. The predicted octanol–water partition coefficient (Wildman–Crippen LogP) is 0.431. The third kappa shape index (κ3) is 0.943. The monoisotopic (exact) mass is 138 g/mol. The van der Waals surface area contributed by atoms with Crippen molar-refractivity contribution in [2.24, 2.45) is 4.99 Å². The second-order valence-electron chi connectivity index (χ2n) is 2.34. The van der Waals surface area contributed by atoms with Crippen LogP contribution in [-0.4, -0.2) is 30.1 Å². The quantitative estimate of drug-likeness (QED) is 0.478. The molecule has 1 rings (SSSR count). The van der Waals surface area contributed by atoms with Gasteiger partial charge in [0.2, 0.25) is 0 Å². The molecular weight excluding hydrogens is 128 g/mol. The maximum atomic E-state index is 11.1. The summed E-state index contributed by atoms with van der Waals surface area (Å²) in [6.07, 6.45) is 1.62. The summed E-state index contributed by atoms with van der Waals surface area (Å²) in [5.41, 5.74) is 0.656. The van der Waals surface area contributed by atoms with Crippen LogP contribution in [0.25, 0.3) is 0 Å². The molecule has 0 aromatic rings. The minimum Gasteiger partial charge on any atom is -0.313 e. The van der Waals surface area contributed by atoms with Gasteiger partial charge in [-0.05, 0) is 6.92 Å². The highest BCUT2D eigenvalue weighted by molar-refractivity contribution is 5.94. The van der Waals surface area contributed by atoms with E-state index < -0.39 is 0 Å². The van der Waals surface area contributed by atoms with E-state index in [0.29, 0.717) is 5.70 Å². The summed E-state index contributed by atoms with van der Waals surface area (Å²) in [7, 11) is 1.70. The molecule has 1 aliphatic heterocycles. The lowest BCUT2D eigenvalue weighted by molar-refractivity contribution is -0.129. The number of carbonyl (C=O) groups excluding carboxylic acids is 1. The fourth-order valence-electron chi connectivity index (χ4n) is 0.770. The second kappa shape index (κ2) is 2.25. The van der Waals surface area contributed by atoms with Crippen LogP contribution in [0.2, 0.25) is 0 Å². The van der Waals surface area contributed by atoms with Gasteiger partial charge in [-0.2, -0.15) is 0 Å². The minimum atomic E-state index is -0.240. The molecule has 0 fully saturated rings. The molecule has 1 atom stereocenters. The smallest absolute Gasteiger partial charge is 0.251 e. The first-order chi connectivity index (χ1) is 4.63. The van der Waals surface area contributed by atoms with Crippen LogP contribution in [-0.2, 0) is 4.79 Å². The third-order valence-corrected chi connectivity index (χ3v) is 1.57. The van der Waals surface area contributed by atoms with Crippen molar-refractivity contribution in [3.8, 4) is 0 Å². The molecule has 0 aromatic carbocycles. The summed E-state index contributed by atoms with van der Waals surface area (Å²) < 4.78 is 0. The molecule has 0 N–H and O–H groups in total. The van der Waals surface area contributed by atoms with E-state index in [1.54, 1.807) is 20.2 Å². The Hall–Kier alpha value is -1.12. The van der Waals surface area contributed by atoms with E-state index in [1.165, 1.54) is 4.90 Å². The fourth-order valence-corrected chi connectivity index (χ4v) is 0.770. The zero-order chi connectivity index (χ0) is 7.72. The van der Waals surface area contributed by atoms with Crippen molar-refractivity contribution in [1.82, 2.24) is 4.90 Å². The van der Waals surface area contributed by atoms with Crippen LogP contribution in [0.4, 0.5) is 0 Å². The topological polar surface area (TPSA) is 32.7 Å². The average Bonchev–Trinajstić information content (AvgIpc) is 1.93. The summed E-state index contributed by atoms with van der Waals surface area (Å²) in [4.78, 5) is 16.5. The Bertz CT molecular complexity index is 208. The number of nitrogens with zero attached hydrogens (tertiary/aromatic N) is 2. The van der Waals surface area contributed by atoms with Gasteiger partial charge in [-0.25, -0.2) is 0 Å². The first-order valence-electron chi connectivity index (χ1n) is 3.12. The van der Waals surface area contributed by atoms with Crippen LogP contribution < -0.4 is 0 Å². The lowest BCUT2D eigenvalue weighted by Gasteiger charge is -2.23. The number of aliphatic imine (C=N–C) groups is 1. The van der Waals surface area contributed by atoms with Crippen molar-refractivity contribution >= 4 is 12.1 Å². The Morgan fingerprint density at radius 2 is 2.40 bits per heavy atom. The van der Waals surface area contributed by atoms with Crippen LogP contribution in [0.1, 0.15) is 6.92 Å². The van der Waals surface area contributed by atoms with Gasteiger partial charge in [-0.15, -0.1) is 0 Å². The number of hydrogen-bond donors (Lipinski definition) is 0. The van der Waals surface area contributed by atoms with Gasteiger partial charge in [0.05, 0.1) is 5.70 Å². The predicted molar refractivity (Wildman–Crippen MR) is 39.9 cm³/mol. The molecular formula is C7H10N2O. The molecule has 0 bridgehead atoms. The van der Waals surface area contributed by atoms with E-state index in [4.69, 9.17) is 0 Å². The Balaban J connectivity index is 2.89. The van der Waals surface area contributed by atoms with Gasteiger partial charge in [-0.1, -0.05) is 6.58 Å². The lowest BCUT2D eigenvalue weighted by Crippen LogP contribution is -2.36. The van der Waals surface area contributed by atoms with Gasteiger partial charge < -0.3 is 4.90 Å². The van der Waals surface area contributed by atoms with Crippen molar-refractivity contribution in [3.05, 3.63) is 12.3 Å². The maximum Gasteiger partial charge on any atom is 0.251 e. The van der Waals surface area contributed by atoms with Crippen molar-refractivity contribution < 1.29 is 4.79 Å². The highest BCUT2D eigenvalue weighted by atomic mass is 16.2. The summed E-state index contributed by atoms with van der Waals surface area (Å²) in [6.45, 7) is 5.40. The fraction of sp³-hybridized carbons (Fsp3) is 0.429. The van der Waals surface area contributed by atoms with E-state index in [2.05, 4.69) is 11.6 Å². The highest BCUT2D eigenvalue weighted by Gasteiger charge is 2.20. The first-order valence-corrected chi connectivity index (χ1v) is 3.12. The largest absolute Gasteiger partial charge is 0.313 e. The van der Waals surface area contributed by atoms with Crippen LogP contribution >= 0.6 is 0 Å². The molecule has 0 spiro atoms. The Morgan fingerprint density at radius 1 is 1.80 bits per heavy atom. The van der Waals surface area contributed by atoms with Crippen molar-refractivity contribution in [2.75, 3.05) is 7.05 Å². The number of likely N-dealkylation sites (N-methyl/N-ethyl adjacent to an activating group) is 1. The molecule has 54 valence electrons.